The lowest BCUT2D eigenvalue weighted by molar-refractivity contribution is -0.387. The van der Waals surface area contributed by atoms with Crippen LogP contribution in [0.3, 0.4) is 0 Å². The van der Waals surface area contributed by atoms with Gasteiger partial charge in [-0.05, 0) is 11.6 Å². The van der Waals surface area contributed by atoms with Crippen LogP contribution in [0.1, 0.15) is 5.56 Å². The Balaban J connectivity index is 2.15. The summed E-state index contributed by atoms with van der Waals surface area (Å²) in [7, 11) is 0.999. The first kappa shape index (κ1) is 24.7. The topological polar surface area (TPSA) is 224 Å². The van der Waals surface area contributed by atoms with Crippen LogP contribution >= 0.6 is 0 Å². The number of carbonyl (C=O) groups excluding carboxylic acids is 2. The molecule has 2 rings (SSSR count). The summed E-state index contributed by atoms with van der Waals surface area (Å²) in [5, 5.41) is 51.7. The van der Waals surface area contributed by atoms with Gasteiger partial charge in [-0.1, -0.05) is 6.07 Å². The van der Waals surface area contributed by atoms with Crippen molar-refractivity contribution in [3.05, 3.63) is 33.9 Å². The lowest BCUT2D eigenvalue weighted by atomic mass is 9.99. The lowest BCUT2D eigenvalue weighted by Gasteiger charge is -2.38. The molecule has 1 amide bonds. The molecule has 1 aromatic rings. The average molecular weight is 460 g/mol. The number of benzene rings is 1. The molecular formula is C17H20N2O13. The van der Waals surface area contributed by atoms with Crippen LogP contribution in [0.4, 0.5) is 10.5 Å². The molecule has 1 fully saturated rings. The van der Waals surface area contributed by atoms with Crippen LogP contribution in [0.5, 0.6) is 5.75 Å². The number of nitro groups is 1. The van der Waals surface area contributed by atoms with Gasteiger partial charge in [-0.2, -0.15) is 0 Å². The number of carboxylic acid groups (broad SMARTS) is 1. The Kier molecular flexibility index (Phi) is 8.25. The maximum atomic E-state index is 11.7. The minimum atomic E-state index is -1.88. The number of rotatable bonds is 8. The quantitative estimate of drug-likeness (QED) is 0.165. The molecule has 1 aromatic carbocycles. The maximum Gasteiger partial charge on any atom is 0.407 e. The Morgan fingerprint density at radius 1 is 1.19 bits per heavy atom. The first-order valence-electron chi connectivity index (χ1n) is 8.89. The molecule has 176 valence electrons. The molecule has 0 spiro atoms. The van der Waals surface area contributed by atoms with Gasteiger partial charge in [0.2, 0.25) is 6.29 Å². The molecular weight excluding hydrogens is 440 g/mol. The van der Waals surface area contributed by atoms with Crippen molar-refractivity contribution in [1.82, 2.24) is 5.32 Å². The summed E-state index contributed by atoms with van der Waals surface area (Å²) in [6, 6.07) is 3.34. The number of nitrogens with one attached hydrogen (secondary N) is 1. The minimum absolute atomic E-state index is 0.141. The Morgan fingerprint density at radius 3 is 2.47 bits per heavy atom. The molecule has 5 atom stereocenters. The summed E-state index contributed by atoms with van der Waals surface area (Å²) < 4.78 is 19.6. The molecule has 5 N–H and O–H groups in total. The van der Waals surface area contributed by atoms with Crippen LogP contribution in [0.15, 0.2) is 18.2 Å². The smallest absolute Gasteiger partial charge is 0.407 e. The second kappa shape index (κ2) is 10.7. The van der Waals surface area contributed by atoms with Gasteiger partial charge in [0.05, 0.1) is 12.0 Å². The van der Waals surface area contributed by atoms with Gasteiger partial charge in [0.15, 0.2) is 11.9 Å². The van der Waals surface area contributed by atoms with E-state index in [1.807, 2.05) is 5.32 Å². The summed E-state index contributed by atoms with van der Waals surface area (Å²) in [6.45, 7) is -1.12. The van der Waals surface area contributed by atoms with Gasteiger partial charge in [-0.3, -0.25) is 14.9 Å². The minimum Gasteiger partial charge on any atom is -0.480 e. The molecule has 0 aromatic heterocycles. The Bertz CT molecular complexity index is 876. The molecule has 1 heterocycles. The fourth-order valence-corrected chi connectivity index (χ4v) is 2.62. The highest BCUT2D eigenvalue weighted by Crippen LogP contribution is 2.32. The number of hydrogen-bond acceptors (Lipinski definition) is 12. The van der Waals surface area contributed by atoms with E-state index in [0.717, 1.165) is 19.2 Å². The summed E-state index contributed by atoms with van der Waals surface area (Å²) in [6.07, 6.45) is -10.1. The predicted molar refractivity (Wildman–Crippen MR) is 98.2 cm³/mol. The number of hydrogen-bond donors (Lipinski definition) is 5. The van der Waals surface area contributed by atoms with E-state index in [2.05, 4.69) is 4.74 Å². The lowest BCUT2D eigenvalue weighted by Crippen LogP contribution is -2.61. The predicted octanol–water partition coefficient (Wildman–Crippen LogP) is -1.73. The fourth-order valence-electron chi connectivity index (χ4n) is 2.62. The van der Waals surface area contributed by atoms with Crippen LogP contribution in [0.2, 0.25) is 0 Å². The average Bonchev–Trinajstić information content (AvgIpc) is 2.76. The van der Waals surface area contributed by atoms with E-state index in [1.165, 1.54) is 6.07 Å². The second-order valence-corrected chi connectivity index (χ2v) is 6.42. The summed E-state index contributed by atoms with van der Waals surface area (Å²) in [4.78, 5) is 44.1. The zero-order valence-corrected chi connectivity index (χ0v) is 16.4. The molecule has 0 unspecified atom stereocenters. The Labute approximate surface area is 179 Å². The number of amides is 1. The monoisotopic (exact) mass is 460 g/mol. The molecule has 0 saturated carbocycles. The zero-order valence-electron chi connectivity index (χ0n) is 16.4. The van der Waals surface area contributed by atoms with Crippen LogP contribution in [0.25, 0.3) is 0 Å². The number of alkyl carbamates (subject to hydrolysis) is 1. The number of ether oxygens (including phenoxy) is 4. The molecule has 0 radical (unpaired) electrons. The van der Waals surface area contributed by atoms with Crippen molar-refractivity contribution in [2.24, 2.45) is 0 Å². The number of esters is 1. The summed E-state index contributed by atoms with van der Waals surface area (Å²) >= 11 is 0. The maximum absolute atomic E-state index is 11.7. The molecule has 0 aliphatic carbocycles. The van der Waals surface area contributed by atoms with E-state index in [9.17, 15) is 39.8 Å². The first-order valence-corrected chi connectivity index (χ1v) is 8.89. The fraction of sp³-hybridized carbons (Fsp3) is 0.471. The number of nitrogens with zero attached hydrogens (tertiary/aromatic N) is 1. The number of aliphatic carboxylic acids is 1. The Morgan fingerprint density at radius 2 is 1.88 bits per heavy atom. The highest BCUT2D eigenvalue weighted by atomic mass is 16.7. The van der Waals surface area contributed by atoms with Crippen LogP contribution in [-0.2, 0) is 30.4 Å². The molecule has 15 heteroatoms. The van der Waals surface area contributed by atoms with E-state index in [4.69, 9.17) is 19.3 Å². The highest BCUT2D eigenvalue weighted by Gasteiger charge is 2.48. The van der Waals surface area contributed by atoms with Crippen molar-refractivity contribution in [2.75, 3.05) is 13.7 Å². The van der Waals surface area contributed by atoms with Crippen LogP contribution in [0, 0.1) is 10.1 Å². The third kappa shape index (κ3) is 6.01. The molecule has 1 aliphatic rings. The standard InChI is InChI=1S/C17H20N2O13/c1-29-15(25)14-12(23)11(22)13(24)16(32-14)31-9-3-2-7(4-8(9)19(27)28)6-30-17(26)18-5-10(20)21/h2-4,11-14,16,22-24H,5-6H2,1H3,(H,18,26)(H,20,21)/t11-,12-,13+,14-,16+/m0/s1. The molecule has 32 heavy (non-hydrogen) atoms. The zero-order chi connectivity index (χ0) is 24.0. The van der Waals surface area contributed by atoms with E-state index in [-0.39, 0.29) is 5.56 Å². The highest BCUT2D eigenvalue weighted by molar-refractivity contribution is 5.76. The number of aliphatic hydroxyl groups is 3. The molecule has 15 nitrogen and oxygen atoms in total. The normalized spacial score (nSPS) is 24.8. The molecule has 1 saturated heterocycles. The number of carboxylic acids is 1. The number of methoxy groups -OCH3 is 1. The van der Waals surface area contributed by atoms with E-state index < -0.39 is 78.2 Å². The van der Waals surface area contributed by atoms with E-state index in [0.29, 0.717) is 0 Å². The van der Waals surface area contributed by atoms with Gasteiger partial charge in [-0.25, -0.2) is 9.59 Å². The molecule has 0 bridgehead atoms. The van der Waals surface area contributed by atoms with E-state index >= 15 is 0 Å². The van der Waals surface area contributed by atoms with Crippen molar-refractivity contribution in [3.63, 3.8) is 0 Å². The SMILES string of the molecule is COC(=O)[C@H]1O[C@@H](Oc2ccc(COC(=O)NCC(=O)O)cc2[N+](=O)[O-])[C@H](O)[C@@H](O)[C@@H]1O. The van der Waals surface area contributed by atoms with Gasteiger partial charge >= 0.3 is 23.7 Å². The van der Waals surface area contributed by atoms with Crippen molar-refractivity contribution in [3.8, 4) is 5.75 Å². The van der Waals surface area contributed by atoms with Crippen molar-refractivity contribution < 1.29 is 58.7 Å². The van der Waals surface area contributed by atoms with Crippen LogP contribution in [-0.4, -0.2) is 87.7 Å². The van der Waals surface area contributed by atoms with Gasteiger partial charge < -0.3 is 44.7 Å². The number of nitro benzene ring substituents is 1. The number of carbonyl (C=O) groups is 3. The largest absolute Gasteiger partial charge is 0.480 e. The van der Waals surface area contributed by atoms with Gasteiger partial charge in [0.25, 0.3) is 0 Å². The van der Waals surface area contributed by atoms with Gasteiger partial charge in [-0.15, -0.1) is 0 Å². The summed E-state index contributed by atoms with van der Waals surface area (Å²) in [5.41, 5.74) is -0.495. The van der Waals surface area contributed by atoms with E-state index in [1.54, 1.807) is 0 Å². The van der Waals surface area contributed by atoms with Crippen molar-refractivity contribution in [2.45, 2.75) is 37.3 Å². The van der Waals surface area contributed by atoms with Gasteiger partial charge in [0, 0.05) is 6.07 Å². The number of aliphatic hydroxyl groups excluding tert-OH is 3. The summed E-state index contributed by atoms with van der Waals surface area (Å²) in [5.74, 6) is -2.79. The van der Waals surface area contributed by atoms with Crippen molar-refractivity contribution >= 4 is 23.7 Å². The van der Waals surface area contributed by atoms with Crippen molar-refractivity contribution in [1.29, 1.82) is 0 Å². The third-order valence-corrected chi connectivity index (χ3v) is 4.22. The van der Waals surface area contributed by atoms with Crippen LogP contribution < -0.4 is 10.1 Å². The first-order chi connectivity index (χ1) is 15.0. The second-order valence-electron chi connectivity index (χ2n) is 6.42. The van der Waals surface area contributed by atoms with Gasteiger partial charge in [0.1, 0.15) is 31.5 Å². The Hall–Kier alpha value is -3.53. The third-order valence-electron chi connectivity index (χ3n) is 4.22. The molecule has 1 aliphatic heterocycles.